The van der Waals surface area contributed by atoms with Gasteiger partial charge in [0.25, 0.3) is 5.91 Å². The molecule has 12 heteroatoms. The normalized spacial score (nSPS) is 20.9. The van der Waals surface area contributed by atoms with Gasteiger partial charge in [0, 0.05) is 48.9 Å². The molecule has 4 fully saturated rings. The van der Waals surface area contributed by atoms with Crippen molar-refractivity contribution in [1.82, 2.24) is 24.4 Å². The van der Waals surface area contributed by atoms with Crippen LogP contribution in [-0.2, 0) is 4.74 Å². The minimum Gasteiger partial charge on any atom is -0.477 e. The molecule has 3 saturated carbocycles. The molecule has 1 aliphatic heterocycles. The van der Waals surface area contributed by atoms with Crippen molar-refractivity contribution in [1.29, 1.82) is 0 Å². The summed E-state index contributed by atoms with van der Waals surface area (Å²) in [4.78, 5) is 32.1. The van der Waals surface area contributed by atoms with Gasteiger partial charge in [-0.25, -0.2) is 18.9 Å². The van der Waals surface area contributed by atoms with Crippen molar-refractivity contribution in [2.45, 2.75) is 102 Å². The quantitative estimate of drug-likeness (QED) is 0.136. The molecule has 7 rings (SSSR count). The van der Waals surface area contributed by atoms with Crippen LogP contribution in [0.15, 0.2) is 53.7 Å². The topological polar surface area (TPSA) is 111 Å². The summed E-state index contributed by atoms with van der Waals surface area (Å²) in [7, 11) is 0. The van der Waals surface area contributed by atoms with Crippen molar-refractivity contribution in [3.05, 3.63) is 60.0 Å². The fraction of sp³-hybridized carbons (Fsp3) is 0.579. The first-order chi connectivity index (χ1) is 23.8. The Labute approximate surface area is 298 Å². The van der Waals surface area contributed by atoms with E-state index in [4.69, 9.17) is 9.47 Å². The largest absolute Gasteiger partial charge is 0.477 e. The van der Waals surface area contributed by atoms with Crippen LogP contribution >= 0.6 is 11.9 Å². The molecule has 2 aromatic heterocycles. The molecular formula is C38H49FN6O4S. The third-order valence-electron chi connectivity index (χ3n) is 11.1. The average molecular weight is 705 g/mol. The van der Waals surface area contributed by atoms with Crippen LogP contribution in [0.4, 0.5) is 15.0 Å². The van der Waals surface area contributed by atoms with E-state index in [1.165, 1.54) is 37.8 Å². The summed E-state index contributed by atoms with van der Waals surface area (Å²) in [6.07, 6.45) is 11.0. The van der Waals surface area contributed by atoms with Gasteiger partial charge < -0.3 is 19.7 Å². The summed E-state index contributed by atoms with van der Waals surface area (Å²) in [5.74, 6) is 1.25. The van der Waals surface area contributed by atoms with Crippen LogP contribution in [0.3, 0.4) is 0 Å². The molecule has 3 heterocycles. The number of hydrogen-bond donors (Lipinski definition) is 2. The van der Waals surface area contributed by atoms with Gasteiger partial charge in [0.15, 0.2) is 0 Å². The van der Waals surface area contributed by atoms with Crippen molar-refractivity contribution in [3.8, 4) is 11.6 Å². The first kappa shape index (κ1) is 34.6. The Hall–Kier alpha value is -3.80. The number of amides is 2. The lowest BCUT2D eigenvalue weighted by Gasteiger charge is -2.33. The number of pyridine rings is 1. The molecule has 1 atom stereocenters. The van der Waals surface area contributed by atoms with Crippen LogP contribution in [0.2, 0.25) is 0 Å². The molecule has 3 aromatic rings. The lowest BCUT2D eigenvalue weighted by Crippen LogP contribution is -2.45. The fourth-order valence-corrected chi connectivity index (χ4v) is 9.14. The Morgan fingerprint density at radius 2 is 1.82 bits per heavy atom. The Kier molecular flexibility index (Phi) is 9.05. The van der Waals surface area contributed by atoms with Crippen LogP contribution in [0.1, 0.15) is 96.3 Å². The van der Waals surface area contributed by atoms with Gasteiger partial charge in [-0.2, -0.15) is 0 Å². The highest BCUT2D eigenvalue weighted by Crippen LogP contribution is 2.93. The maximum Gasteiger partial charge on any atom is 0.410 e. The zero-order valence-corrected chi connectivity index (χ0v) is 30.6. The number of nitrogens with one attached hydrogen (secondary N) is 2. The molecule has 2 spiro atoms. The summed E-state index contributed by atoms with van der Waals surface area (Å²) in [5.41, 5.74) is 1.03. The number of aromatic nitrogens is 3. The van der Waals surface area contributed by atoms with Crippen molar-refractivity contribution in [2.24, 2.45) is 22.7 Å². The minimum atomic E-state index is -0.639. The number of hydrogen-bond acceptors (Lipinski definition) is 8. The number of halogens is 1. The zero-order chi connectivity index (χ0) is 35.3. The summed E-state index contributed by atoms with van der Waals surface area (Å²) in [6, 6.07) is 11.7. The summed E-state index contributed by atoms with van der Waals surface area (Å²) in [5, 5.41) is 8.40. The van der Waals surface area contributed by atoms with E-state index in [1.54, 1.807) is 29.1 Å². The highest BCUT2D eigenvalue weighted by molar-refractivity contribution is 7.97. The first-order valence-electron chi connectivity index (χ1n) is 18.0. The number of ether oxygens (including phenoxy) is 2. The molecule has 268 valence electrons. The Morgan fingerprint density at radius 3 is 2.52 bits per heavy atom. The Bertz CT molecular complexity index is 1730. The smallest absolute Gasteiger partial charge is 0.410 e. The fourth-order valence-electron chi connectivity index (χ4n) is 8.54. The monoisotopic (exact) mass is 704 g/mol. The lowest BCUT2D eigenvalue weighted by atomic mass is 9.93. The third-order valence-corrected chi connectivity index (χ3v) is 11.9. The molecule has 0 radical (unpaired) electrons. The third kappa shape index (κ3) is 7.18. The van der Waals surface area contributed by atoms with E-state index in [9.17, 15) is 9.59 Å². The predicted octanol–water partition coefficient (Wildman–Crippen LogP) is 8.03. The number of anilines is 1. The molecule has 4 aliphatic rings. The molecule has 2 N–H and O–H groups in total. The molecule has 3 aliphatic carbocycles. The number of nitrogens with zero attached hydrogens (tertiary/aromatic N) is 4. The van der Waals surface area contributed by atoms with Crippen molar-refractivity contribution in [2.75, 3.05) is 25.0 Å². The molecule has 10 nitrogen and oxygen atoms in total. The predicted molar refractivity (Wildman–Crippen MR) is 191 cm³/mol. The maximum absolute atomic E-state index is 15.1. The Balaban J connectivity index is 0.838. The second kappa shape index (κ2) is 13.1. The maximum atomic E-state index is 15.1. The van der Waals surface area contributed by atoms with Crippen molar-refractivity contribution in [3.63, 3.8) is 0 Å². The highest BCUT2D eigenvalue weighted by atomic mass is 32.2. The first-order valence-corrected chi connectivity index (χ1v) is 18.8. The molecule has 1 aromatic carbocycles. The number of carbonyl (C=O) groups is 2. The molecule has 1 saturated heterocycles. The van der Waals surface area contributed by atoms with Crippen LogP contribution in [-0.4, -0.2) is 62.5 Å². The van der Waals surface area contributed by atoms with Gasteiger partial charge in [0.2, 0.25) is 5.88 Å². The Morgan fingerprint density at radius 1 is 1.06 bits per heavy atom. The van der Waals surface area contributed by atoms with Crippen molar-refractivity contribution < 1.29 is 23.5 Å². The van der Waals surface area contributed by atoms with E-state index in [-0.39, 0.29) is 17.2 Å². The highest BCUT2D eigenvalue weighted by Gasteiger charge is 2.85. The van der Waals surface area contributed by atoms with Crippen LogP contribution in [0.5, 0.6) is 5.88 Å². The molecular weight excluding hydrogens is 656 g/mol. The second-order valence-corrected chi connectivity index (χ2v) is 17.0. The second-order valence-electron chi connectivity index (χ2n) is 16.2. The number of fused-ring (bicyclic) bond motifs is 1. The van der Waals surface area contributed by atoms with E-state index < -0.39 is 17.3 Å². The zero-order valence-electron chi connectivity index (χ0n) is 29.8. The summed E-state index contributed by atoms with van der Waals surface area (Å²) >= 11 is 1.04. The standard InChI is InChI=1S/C38H49FN6O4S/c1-35(2,3)49-34(47)44-24-25(23-36(44,4)5)8-7-19-40-30-9-6-10-32(41-30)50-43-33(46)27-12-11-26(22-28(27)39)45-20-13-31(42-45)48-21-14-29-37(15-16-37)38(29)17-18-38/h6,9-13,20,22,25,29H,7-8,14-19,21,23-24H2,1-5H3,(H,40,41)(H,43,46). The van der Waals surface area contributed by atoms with Crippen molar-refractivity contribution >= 4 is 29.8 Å². The number of carbonyl (C=O) groups excluding carboxylic acids is 2. The van der Waals surface area contributed by atoms with E-state index >= 15 is 4.39 Å². The van der Waals surface area contributed by atoms with Gasteiger partial charge in [-0.05, 0) is 133 Å². The minimum absolute atomic E-state index is 0.0630. The summed E-state index contributed by atoms with van der Waals surface area (Å²) < 4.78 is 30.9. The van der Waals surface area contributed by atoms with Gasteiger partial charge in [0.05, 0.1) is 17.9 Å². The molecule has 0 bridgehead atoms. The molecule has 2 amide bonds. The van der Waals surface area contributed by atoms with Gasteiger partial charge >= 0.3 is 6.09 Å². The lowest BCUT2D eigenvalue weighted by molar-refractivity contribution is 0.0130. The SMILES string of the molecule is CC(C)(C)OC(=O)N1CC(CCCNc2cccc(SNC(=O)c3ccc(-n4ccc(OCCC5C6(CC6)C56CC6)n4)cc3F)n2)CC1(C)C. The number of benzene rings is 1. The van der Waals surface area contributed by atoms with Gasteiger partial charge in [-0.1, -0.05) is 6.07 Å². The van der Waals surface area contributed by atoms with E-state index in [0.29, 0.717) is 52.3 Å². The van der Waals surface area contributed by atoms with E-state index in [2.05, 4.69) is 34.0 Å². The van der Waals surface area contributed by atoms with Crippen LogP contribution in [0, 0.1) is 28.5 Å². The van der Waals surface area contributed by atoms with E-state index in [0.717, 1.165) is 50.1 Å². The summed E-state index contributed by atoms with van der Waals surface area (Å²) in [6.45, 7) is 11.9. The molecule has 50 heavy (non-hydrogen) atoms. The number of likely N-dealkylation sites (tertiary alicyclic amines) is 1. The van der Waals surface area contributed by atoms with Crippen LogP contribution in [0.25, 0.3) is 5.69 Å². The van der Waals surface area contributed by atoms with E-state index in [1.807, 2.05) is 37.8 Å². The van der Waals surface area contributed by atoms with Gasteiger partial charge in [0.1, 0.15) is 22.3 Å². The number of rotatable bonds is 13. The molecule has 1 unspecified atom stereocenters. The van der Waals surface area contributed by atoms with Gasteiger partial charge in [-0.3, -0.25) is 9.52 Å². The van der Waals surface area contributed by atoms with Crippen LogP contribution < -0.4 is 14.8 Å². The van der Waals surface area contributed by atoms with Gasteiger partial charge in [-0.15, -0.1) is 5.10 Å². The average Bonchev–Trinajstić information content (AvgIpc) is 4.01.